The number of rotatable bonds is 6. The number of hydrogen-bond acceptors (Lipinski definition) is 1. The third kappa shape index (κ3) is 4.74. The molecule has 1 N–H and O–H groups in total. The van der Waals surface area contributed by atoms with E-state index in [1.807, 2.05) is 0 Å². The minimum absolute atomic E-state index is 0.988. The molecular formula is C16H23N. The molecule has 1 aromatic rings. The van der Waals surface area contributed by atoms with Crippen LogP contribution in [0.4, 0.5) is 0 Å². The summed E-state index contributed by atoms with van der Waals surface area (Å²) in [5.74, 6) is 1.00. The third-order valence-electron chi connectivity index (χ3n) is 3.58. The van der Waals surface area contributed by atoms with Gasteiger partial charge in [0.2, 0.25) is 0 Å². The van der Waals surface area contributed by atoms with Gasteiger partial charge in [-0.3, -0.25) is 0 Å². The predicted octanol–water partition coefficient (Wildman–Crippen LogP) is 3.87. The van der Waals surface area contributed by atoms with Gasteiger partial charge in [0.05, 0.1) is 0 Å². The topological polar surface area (TPSA) is 12.0 Å². The van der Waals surface area contributed by atoms with Crippen LogP contribution in [0.2, 0.25) is 0 Å². The number of nitrogens with one attached hydrogen (secondary N) is 1. The summed E-state index contributed by atoms with van der Waals surface area (Å²) in [6.07, 6.45) is 11.6. The molecule has 1 nitrogen and oxygen atoms in total. The molecule has 0 spiro atoms. The van der Waals surface area contributed by atoms with Crippen LogP contribution in [0.1, 0.15) is 37.7 Å². The Hall–Kier alpha value is -1.08. The van der Waals surface area contributed by atoms with Gasteiger partial charge in [-0.2, -0.15) is 0 Å². The van der Waals surface area contributed by atoms with Crippen LogP contribution in [0, 0.1) is 5.92 Å². The van der Waals surface area contributed by atoms with Gasteiger partial charge in [0.1, 0.15) is 0 Å². The predicted molar refractivity (Wildman–Crippen MR) is 74.9 cm³/mol. The molecule has 0 bridgehead atoms. The van der Waals surface area contributed by atoms with Crippen LogP contribution >= 0.6 is 0 Å². The summed E-state index contributed by atoms with van der Waals surface area (Å²) in [6.45, 7) is 2.16. The highest BCUT2D eigenvalue weighted by molar-refractivity contribution is 5.48. The van der Waals surface area contributed by atoms with Crippen molar-refractivity contribution in [3.63, 3.8) is 0 Å². The highest BCUT2D eigenvalue weighted by atomic mass is 14.8. The van der Waals surface area contributed by atoms with E-state index in [2.05, 4.69) is 47.8 Å². The van der Waals surface area contributed by atoms with E-state index in [0.29, 0.717) is 0 Å². The first-order chi connectivity index (χ1) is 8.45. The van der Waals surface area contributed by atoms with Crippen LogP contribution in [-0.2, 0) is 0 Å². The lowest BCUT2D eigenvalue weighted by atomic mass is 10.0. The molecule has 1 aliphatic rings. The summed E-state index contributed by atoms with van der Waals surface area (Å²) in [5.41, 5.74) is 1.28. The summed E-state index contributed by atoms with van der Waals surface area (Å²) in [7, 11) is 0. The van der Waals surface area contributed by atoms with Crippen molar-refractivity contribution in [2.24, 2.45) is 5.92 Å². The van der Waals surface area contributed by atoms with E-state index in [1.165, 1.54) is 44.2 Å². The molecule has 0 heterocycles. The van der Waals surface area contributed by atoms with Crippen molar-refractivity contribution in [2.45, 2.75) is 32.1 Å². The molecule has 1 saturated carbocycles. The van der Waals surface area contributed by atoms with Gasteiger partial charge in [-0.05, 0) is 24.4 Å². The molecule has 17 heavy (non-hydrogen) atoms. The van der Waals surface area contributed by atoms with Gasteiger partial charge >= 0.3 is 0 Å². The van der Waals surface area contributed by atoms with E-state index in [1.54, 1.807) is 0 Å². The van der Waals surface area contributed by atoms with Crippen LogP contribution < -0.4 is 5.32 Å². The Morgan fingerprint density at radius 2 is 1.88 bits per heavy atom. The van der Waals surface area contributed by atoms with Crippen molar-refractivity contribution in [1.29, 1.82) is 0 Å². The molecule has 0 atom stereocenters. The Labute approximate surface area is 105 Å². The summed E-state index contributed by atoms with van der Waals surface area (Å²) in [5, 5.41) is 3.50. The second-order valence-corrected chi connectivity index (χ2v) is 4.96. The smallest absolute Gasteiger partial charge is 0.0138 e. The quantitative estimate of drug-likeness (QED) is 0.730. The van der Waals surface area contributed by atoms with Crippen molar-refractivity contribution in [3.05, 3.63) is 42.0 Å². The van der Waals surface area contributed by atoms with E-state index >= 15 is 0 Å². The second kappa shape index (κ2) is 7.29. The molecule has 92 valence electrons. The summed E-state index contributed by atoms with van der Waals surface area (Å²) >= 11 is 0. The summed E-state index contributed by atoms with van der Waals surface area (Å²) in [6, 6.07) is 10.5. The standard InChI is InChI=1S/C16H23N/c1-2-7-15(8-3-1)11-6-13-17-14-12-16-9-4-5-10-16/h1-3,6-8,11,16-17H,4-5,9-10,12-14H2. The maximum atomic E-state index is 3.50. The average molecular weight is 229 g/mol. The van der Waals surface area contributed by atoms with Crippen molar-refractivity contribution in [2.75, 3.05) is 13.1 Å². The average Bonchev–Trinajstić information content (AvgIpc) is 2.88. The zero-order chi connectivity index (χ0) is 11.8. The van der Waals surface area contributed by atoms with Crippen molar-refractivity contribution in [1.82, 2.24) is 5.32 Å². The Kier molecular flexibility index (Phi) is 5.31. The van der Waals surface area contributed by atoms with E-state index in [4.69, 9.17) is 0 Å². The van der Waals surface area contributed by atoms with Crippen molar-refractivity contribution in [3.8, 4) is 0 Å². The number of hydrogen-bond donors (Lipinski definition) is 1. The van der Waals surface area contributed by atoms with Crippen LogP contribution in [-0.4, -0.2) is 13.1 Å². The summed E-state index contributed by atoms with van der Waals surface area (Å²) in [4.78, 5) is 0. The fraction of sp³-hybridized carbons (Fsp3) is 0.500. The van der Waals surface area contributed by atoms with Crippen molar-refractivity contribution < 1.29 is 0 Å². The first kappa shape index (κ1) is 12.4. The van der Waals surface area contributed by atoms with Gasteiger partial charge in [-0.1, -0.05) is 68.2 Å². The van der Waals surface area contributed by atoms with Gasteiger partial charge in [0, 0.05) is 6.54 Å². The molecule has 1 aromatic carbocycles. The number of benzene rings is 1. The first-order valence-corrected chi connectivity index (χ1v) is 6.87. The molecular weight excluding hydrogens is 206 g/mol. The van der Waals surface area contributed by atoms with E-state index in [9.17, 15) is 0 Å². The lowest BCUT2D eigenvalue weighted by molar-refractivity contribution is 0.486. The van der Waals surface area contributed by atoms with Crippen LogP contribution in [0.15, 0.2) is 36.4 Å². The molecule has 1 aliphatic carbocycles. The van der Waals surface area contributed by atoms with Gasteiger partial charge in [-0.25, -0.2) is 0 Å². The molecule has 1 heteroatoms. The first-order valence-electron chi connectivity index (χ1n) is 6.87. The molecule has 0 aliphatic heterocycles. The Balaban J connectivity index is 1.55. The van der Waals surface area contributed by atoms with E-state index in [-0.39, 0.29) is 0 Å². The van der Waals surface area contributed by atoms with Crippen LogP contribution in [0.5, 0.6) is 0 Å². The lowest BCUT2D eigenvalue weighted by Gasteiger charge is -2.08. The molecule has 2 rings (SSSR count). The minimum atomic E-state index is 0.988. The lowest BCUT2D eigenvalue weighted by Crippen LogP contribution is -2.17. The van der Waals surface area contributed by atoms with E-state index in [0.717, 1.165) is 12.5 Å². The third-order valence-corrected chi connectivity index (χ3v) is 3.58. The van der Waals surface area contributed by atoms with E-state index < -0.39 is 0 Å². The maximum absolute atomic E-state index is 3.50. The maximum Gasteiger partial charge on any atom is 0.0138 e. The normalized spacial score (nSPS) is 16.9. The van der Waals surface area contributed by atoms with Gasteiger partial charge in [0.15, 0.2) is 0 Å². The Morgan fingerprint density at radius 1 is 1.12 bits per heavy atom. The Bertz CT molecular complexity index is 323. The Morgan fingerprint density at radius 3 is 2.65 bits per heavy atom. The van der Waals surface area contributed by atoms with Gasteiger partial charge in [-0.15, -0.1) is 0 Å². The minimum Gasteiger partial charge on any atom is -0.313 e. The molecule has 0 aromatic heterocycles. The zero-order valence-corrected chi connectivity index (χ0v) is 10.6. The van der Waals surface area contributed by atoms with Gasteiger partial charge in [0.25, 0.3) is 0 Å². The molecule has 0 radical (unpaired) electrons. The molecule has 0 saturated heterocycles. The molecule has 0 unspecified atom stereocenters. The summed E-state index contributed by atoms with van der Waals surface area (Å²) < 4.78 is 0. The highest BCUT2D eigenvalue weighted by Crippen LogP contribution is 2.26. The van der Waals surface area contributed by atoms with Crippen LogP contribution in [0.25, 0.3) is 6.08 Å². The largest absolute Gasteiger partial charge is 0.313 e. The monoisotopic (exact) mass is 229 g/mol. The van der Waals surface area contributed by atoms with Crippen molar-refractivity contribution >= 4 is 6.08 Å². The molecule has 1 fully saturated rings. The van der Waals surface area contributed by atoms with Gasteiger partial charge < -0.3 is 5.32 Å². The SMILES string of the molecule is C(=Cc1ccccc1)CNCCC1CCCC1. The zero-order valence-electron chi connectivity index (χ0n) is 10.6. The second-order valence-electron chi connectivity index (χ2n) is 4.96. The molecule has 0 amide bonds. The fourth-order valence-corrected chi connectivity index (χ4v) is 2.55. The van der Waals surface area contributed by atoms with Crippen LogP contribution in [0.3, 0.4) is 0 Å². The highest BCUT2D eigenvalue weighted by Gasteiger charge is 2.13. The fourth-order valence-electron chi connectivity index (χ4n) is 2.55.